The fourth-order valence-electron chi connectivity index (χ4n) is 6.03. The lowest BCUT2D eigenvalue weighted by molar-refractivity contribution is -0.0923. The summed E-state index contributed by atoms with van der Waals surface area (Å²) in [6.45, 7) is -2.45. The van der Waals surface area contributed by atoms with Crippen molar-refractivity contribution < 1.29 is 32.9 Å². The smallest absolute Gasteiger partial charge is 0.378 e. The summed E-state index contributed by atoms with van der Waals surface area (Å²) in [5, 5.41) is 0.482. The predicted molar refractivity (Wildman–Crippen MR) is 196 cm³/mol. The zero-order valence-electron chi connectivity index (χ0n) is 27.9. The van der Waals surface area contributed by atoms with E-state index in [1.807, 2.05) is 78.9 Å². The quantitative estimate of drug-likeness (QED) is 0.102. The predicted octanol–water partition coefficient (Wildman–Crippen LogP) is 6.49. The molecule has 0 spiro atoms. The maximum Gasteiger partial charge on any atom is 0.378 e. The van der Waals surface area contributed by atoms with Crippen molar-refractivity contribution in [3.63, 3.8) is 0 Å². The number of aryl methyl sites for hydroxylation is 1. The largest absolute Gasteiger partial charge is 0.497 e. The number of hydrogen-bond donors (Lipinski definition) is 2. The number of aromatic nitrogens is 2. The van der Waals surface area contributed by atoms with Gasteiger partial charge in [-0.2, -0.15) is 0 Å². The Bertz CT molecular complexity index is 2060. The van der Waals surface area contributed by atoms with E-state index in [0.29, 0.717) is 22.1 Å². The van der Waals surface area contributed by atoms with Crippen LogP contribution in [0.4, 0.5) is 0 Å². The molecule has 266 valence electrons. The van der Waals surface area contributed by atoms with Gasteiger partial charge in [0.15, 0.2) is 0 Å². The van der Waals surface area contributed by atoms with Gasteiger partial charge in [0, 0.05) is 35.0 Å². The molecule has 1 aromatic heterocycles. The number of aromatic amines is 1. The summed E-state index contributed by atoms with van der Waals surface area (Å²) in [5.74, 6) is 1.60. The van der Waals surface area contributed by atoms with E-state index in [2.05, 4.69) is 4.98 Å². The lowest BCUT2D eigenvalue weighted by Crippen LogP contribution is -2.38. The molecule has 0 radical (unpaired) electrons. The number of benzene rings is 4. The van der Waals surface area contributed by atoms with Crippen LogP contribution >= 0.6 is 18.3 Å². The molecule has 1 unspecified atom stereocenters. The van der Waals surface area contributed by atoms with E-state index in [-0.39, 0.29) is 18.8 Å². The molecule has 11 nitrogen and oxygen atoms in total. The second-order valence-electron chi connectivity index (χ2n) is 11.8. The molecule has 6 rings (SSSR count). The van der Waals surface area contributed by atoms with Gasteiger partial charge in [0.05, 0.1) is 20.8 Å². The van der Waals surface area contributed by atoms with Gasteiger partial charge in [0.25, 0.3) is 5.56 Å². The van der Waals surface area contributed by atoms with Gasteiger partial charge in [0.1, 0.15) is 41.3 Å². The number of H-pyrrole nitrogens is 1. The molecule has 1 fully saturated rings. The first kappa shape index (κ1) is 36.5. The number of ether oxygens (including phenoxy) is 4. The maximum absolute atomic E-state index is 13.0. The number of nitrogens with one attached hydrogen (secondary N) is 1. The molecular formula is C37H36ClN2O9PS. The normalized spacial score (nSPS) is 18.6. The summed E-state index contributed by atoms with van der Waals surface area (Å²) >= 11 is 11.5. The molecule has 0 bridgehead atoms. The standard InChI is InChI=1S/C37H36ClN2O9PS/c1-24-22-40(36(42)39-35(24)41)34-21-32(49-50(43,51)48-31-19-13-28(38)14-20-31)33(47-34)23-46-37(25-7-5-4-6-8-25,26-9-15-29(44-2)16-10-26)27-11-17-30(45-3)18-12-27/h4-20,22,32-34H,21,23H2,1-3H3,(H,43,51)(H,39,41,42)/t32-,33+,34+,50?/m0/s1. The minimum atomic E-state index is -3.94. The van der Waals surface area contributed by atoms with Crippen LogP contribution in [0.5, 0.6) is 17.2 Å². The molecule has 2 N–H and O–H groups in total. The Kier molecular flexibility index (Phi) is 11.1. The molecule has 0 aliphatic carbocycles. The zero-order valence-corrected chi connectivity index (χ0v) is 30.4. The molecule has 5 aromatic rings. The number of halogens is 1. The molecule has 4 aromatic carbocycles. The fourth-order valence-corrected chi connectivity index (χ4v) is 7.75. The van der Waals surface area contributed by atoms with Crippen molar-refractivity contribution in [1.82, 2.24) is 9.55 Å². The van der Waals surface area contributed by atoms with E-state index in [0.717, 1.165) is 16.7 Å². The van der Waals surface area contributed by atoms with Crippen molar-refractivity contribution in [2.45, 2.75) is 37.4 Å². The molecule has 14 heteroatoms. The molecule has 4 atom stereocenters. The van der Waals surface area contributed by atoms with E-state index < -0.39 is 42.0 Å². The summed E-state index contributed by atoms with van der Waals surface area (Å²) in [7, 11) is 3.20. The van der Waals surface area contributed by atoms with Crippen LogP contribution in [0.3, 0.4) is 0 Å². The Morgan fingerprint density at radius 1 is 0.882 bits per heavy atom. The molecule has 1 aliphatic heterocycles. The molecule has 1 aliphatic rings. The van der Waals surface area contributed by atoms with Crippen LogP contribution in [0, 0.1) is 6.92 Å². The van der Waals surface area contributed by atoms with Crippen LogP contribution in [0.25, 0.3) is 0 Å². The van der Waals surface area contributed by atoms with Crippen molar-refractivity contribution in [3.8, 4) is 17.2 Å². The highest BCUT2D eigenvalue weighted by Gasteiger charge is 2.45. The molecule has 0 amide bonds. The van der Waals surface area contributed by atoms with Gasteiger partial charge < -0.3 is 28.4 Å². The molecule has 51 heavy (non-hydrogen) atoms. The van der Waals surface area contributed by atoms with Gasteiger partial charge in [-0.1, -0.05) is 66.2 Å². The van der Waals surface area contributed by atoms with Crippen molar-refractivity contribution >= 4 is 30.1 Å². The Morgan fingerprint density at radius 3 is 2.00 bits per heavy atom. The molecule has 0 saturated carbocycles. The molecule has 2 heterocycles. The molecular weight excluding hydrogens is 715 g/mol. The zero-order chi connectivity index (χ0) is 36.2. The third kappa shape index (κ3) is 8.13. The van der Waals surface area contributed by atoms with Gasteiger partial charge in [-0.15, -0.1) is 0 Å². The first-order chi connectivity index (χ1) is 24.5. The highest BCUT2D eigenvalue weighted by molar-refractivity contribution is 8.07. The van der Waals surface area contributed by atoms with Crippen molar-refractivity contribution in [2.75, 3.05) is 20.8 Å². The Hall–Kier alpha value is -4.26. The third-order valence-corrected chi connectivity index (χ3v) is 10.3. The Balaban J connectivity index is 1.40. The maximum atomic E-state index is 13.0. The second kappa shape index (κ2) is 15.5. The lowest BCUT2D eigenvalue weighted by atomic mass is 9.80. The Labute approximate surface area is 304 Å². The van der Waals surface area contributed by atoms with Crippen LogP contribution < -0.4 is 25.2 Å². The first-order valence-electron chi connectivity index (χ1n) is 15.9. The van der Waals surface area contributed by atoms with Gasteiger partial charge in [-0.3, -0.25) is 18.9 Å². The van der Waals surface area contributed by atoms with Crippen molar-refractivity contribution in [3.05, 3.63) is 157 Å². The van der Waals surface area contributed by atoms with Crippen LogP contribution in [0.2, 0.25) is 5.02 Å². The number of hydrogen-bond acceptors (Lipinski definition) is 9. The average molecular weight is 751 g/mol. The SMILES string of the molecule is COc1ccc(C(OC[C@H]2O[C@@H](n3cc(C)c(=O)[nH]c3=O)C[C@@H]2OP(O)(=S)Oc2ccc(Cl)cc2)(c2ccccc2)c2ccc(OC)cc2)cc1. The Morgan fingerprint density at radius 2 is 1.43 bits per heavy atom. The van der Waals surface area contributed by atoms with E-state index in [1.54, 1.807) is 45.4 Å². The number of rotatable bonds is 13. The van der Waals surface area contributed by atoms with E-state index >= 15 is 0 Å². The summed E-state index contributed by atoms with van der Waals surface area (Å²) in [6, 6.07) is 31.2. The topological polar surface area (TPSA) is 130 Å². The monoisotopic (exact) mass is 750 g/mol. The first-order valence-corrected chi connectivity index (χ1v) is 18.9. The highest BCUT2D eigenvalue weighted by Crippen LogP contribution is 2.50. The van der Waals surface area contributed by atoms with E-state index in [4.69, 9.17) is 51.4 Å². The van der Waals surface area contributed by atoms with Crippen molar-refractivity contribution in [1.29, 1.82) is 0 Å². The lowest BCUT2D eigenvalue weighted by Gasteiger charge is -2.37. The van der Waals surface area contributed by atoms with Crippen molar-refractivity contribution in [2.24, 2.45) is 0 Å². The van der Waals surface area contributed by atoms with Crippen LogP contribution in [0.15, 0.2) is 119 Å². The van der Waals surface area contributed by atoms with Gasteiger partial charge in [0.2, 0.25) is 0 Å². The summed E-state index contributed by atoms with van der Waals surface area (Å²) in [4.78, 5) is 38.7. The fraction of sp³-hybridized carbons (Fsp3) is 0.243. The van der Waals surface area contributed by atoms with E-state index in [1.165, 1.54) is 10.8 Å². The summed E-state index contributed by atoms with van der Waals surface area (Å²) in [6.07, 6.45) is -1.18. The highest BCUT2D eigenvalue weighted by atomic mass is 35.5. The summed E-state index contributed by atoms with van der Waals surface area (Å²) in [5.41, 5.74) is 0.350. The van der Waals surface area contributed by atoms with Crippen LogP contribution in [-0.4, -0.2) is 47.5 Å². The summed E-state index contributed by atoms with van der Waals surface area (Å²) < 4.78 is 37.6. The third-order valence-electron chi connectivity index (χ3n) is 8.58. The van der Waals surface area contributed by atoms with Crippen LogP contribution in [-0.2, 0) is 31.4 Å². The molecule has 1 saturated heterocycles. The van der Waals surface area contributed by atoms with Gasteiger partial charge >= 0.3 is 12.4 Å². The number of nitrogens with zero attached hydrogens (tertiary/aromatic N) is 1. The number of methoxy groups -OCH3 is 2. The average Bonchev–Trinajstić information content (AvgIpc) is 3.53. The van der Waals surface area contributed by atoms with E-state index in [9.17, 15) is 14.5 Å². The van der Waals surface area contributed by atoms with Gasteiger partial charge in [-0.25, -0.2) is 4.79 Å². The van der Waals surface area contributed by atoms with Gasteiger partial charge in [-0.05, 0) is 72.1 Å². The minimum Gasteiger partial charge on any atom is -0.497 e. The van der Waals surface area contributed by atoms with Crippen LogP contribution in [0.1, 0.15) is 34.9 Å². The second-order valence-corrected chi connectivity index (χ2v) is 15.0. The minimum absolute atomic E-state index is 0.0752.